The first-order valence-electron chi connectivity index (χ1n) is 24.6. The monoisotopic (exact) mass is 987 g/mol. The first kappa shape index (κ1) is 52.9. The summed E-state index contributed by atoms with van der Waals surface area (Å²) in [5, 5.41) is 5.84. The van der Waals surface area contributed by atoms with E-state index in [-0.39, 0.29) is 72.9 Å². The highest BCUT2D eigenvalue weighted by atomic mass is 16.7. The number of nitrogens with one attached hydrogen (secondary N) is 2. The van der Waals surface area contributed by atoms with Crippen LogP contribution in [0.3, 0.4) is 0 Å². The molecule has 0 aromatic heterocycles. The van der Waals surface area contributed by atoms with Crippen LogP contribution in [0.1, 0.15) is 116 Å². The number of imide groups is 1. The lowest BCUT2D eigenvalue weighted by atomic mass is 9.43. The van der Waals surface area contributed by atoms with Gasteiger partial charge in [0.05, 0.1) is 31.3 Å². The van der Waals surface area contributed by atoms with Crippen LogP contribution in [-0.2, 0) is 44.4 Å². The van der Waals surface area contributed by atoms with Crippen LogP contribution in [0.2, 0.25) is 0 Å². The third-order valence-electron chi connectivity index (χ3n) is 14.6. The highest BCUT2D eigenvalue weighted by Crippen LogP contribution is 2.66. The Balaban J connectivity index is 1.25. The Morgan fingerprint density at radius 3 is 2.17 bits per heavy atom. The van der Waals surface area contributed by atoms with E-state index in [4.69, 9.17) is 28.3 Å². The molecule has 71 heavy (non-hydrogen) atoms. The van der Waals surface area contributed by atoms with E-state index in [1.165, 1.54) is 21.8 Å². The molecule has 0 radical (unpaired) electrons. The average molecular weight is 987 g/mol. The maximum Gasteiger partial charge on any atom is 0.482 e. The van der Waals surface area contributed by atoms with Gasteiger partial charge in [-0.15, -0.1) is 0 Å². The van der Waals surface area contributed by atoms with Crippen molar-refractivity contribution in [3.63, 3.8) is 0 Å². The second-order valence-electron chi connectivity index (χ2n) is 22.3. The second kappa shape index (κ2) is 20.0. The number of benzene rings is 2. The molecule has 19 nitrogen and oxygen atoms in total. The molecule has 6 fully saturated rings. The number of hydrogen-bond donors (Lipinski definition) is 2. The number of urea groups is 1. The number of rotatable bonds is 13. The summed E-state index contributed by atoms with van der Waals surface area (Å²) >= 11 is 0. The zero-order valence-electron chi connectivity index (χ0n) is 43.4. The second-order valence-corrected chi connectivity index (χ2v) is 22.3. The minimum absolute atomic E-state index is 0.00323. The normalized spacial score (nSPS) is 25.6. The lowest BCUT2D eigenvalue weighted by Gasteiger charge is -2.64. The van der Waals surface area contributed by atoms with Crippen molar-refractivity contribution in [2.45, 2.75) is 142 Å². The highest BCUT2D eigenvalue weighted by molar-refractivity contribution is 6.48. The average Bonchev–Trinajstić information content (AvgIpc) is 3.88. The van der Waals surface area contributed by atoms with Crippen LogP contribution in [0.4, 0.5) is 9.59 Å². The van der Waals surface area contributed by atoms with E-state index in [0.717, 1.165) is 17.7 Å². The van der Waals surface area contributed by atoms with Gasteiger partial charge in [-0.2, -0.15) is 0 Å². The van der Waals surface area contributed by atoms with Gasteiger partial charge in [-0.05, 0) is 109 Å². The van der Waals surface area contributed by atoms with Crippen molar-refractivity contribution in [3.05, 3.63) is 59.2 Å². The number of hydrogen-bond acceptors (Lipinski definition) is 13. The summed E-state index contributed by atoms with van der Waals surface area (Å²) < 4.78 is 38.0. The van der Waals surface area contributed by atoms with Gasteiger partial charge in [0, 0.05) is 40.2 Å². The first-order chi connectivity index (χ1) is 33.2. The van der Waals surface area contributed by atoms with Crippen LogP contribution < -0.4 is 20.1 Å². The Labute approximate surface area is 417 Å². The van der Waals surface area contributed by atoms with Crippen LogP contribution in [0.5, 0.6) is 11.5 Å². The standard InChI is InChI=1S/C51H71BN6O13/c1-14-56-22-23-57(44(62)43(56)61)46(64)54-39(29-18-16-15-17-19-29)41(59)53-37(52-70-36-26-31-25-35(50(31,8)9)51(36,10)71-52)24-30-20-21-34(38(40(30)66-13)45(63)68-48(2,3)4)67-32-27-33(42(60)55(11)12)58(28-32)47(65)69-49(5,6)7/h15-21,31-33,35-37,39H,14,22-28H2,1-13H3,(H,53,59)(H,54,64)/t31-,32-,33-,35-,36+,37-,39?,51-/m0/s1. The van der Waals surface area contributed by atoms with Crippen molar-refractivity contribution in [2.75, 3.05) is 47.4 Å². The summed E-state index contributed by atoms with van der Waals surface area (Å²) in [5.74, 6) is -3.82. The maximum absolute atomic E-state index is 14.9. The first-order valence-corrected chi connectivity index (χ1v) is 24.6. The number of nitrogens with zero attached hydrogens (tertiary/aromatic N) is 4. The molecular weight excluding hydrogens is 915 g/mol. The van der Waals surface area contributed by atoms with Crippen LogP contribution in [-0.4, -0.2) is 157 Å². The molecule has 3 saturated heterocycles. The molecular formula is C51H71BN6O13. The van der Waals surface area contributed by atoms with Crippen LogP contribution in [0, 0.1) is 17.3 Å². The summed E-state index contributed by atoms with van der Waals surface area (Å²) in [7, 11) is 3.58. The number of amides is 7. The van der Waals surface area contributed by atoms with Gasteiger partial charge in [-0.1, -0.05) is 50.2 Å². The zero-order chi connectivity index (χ0) is 52.1. The molecule has 8 rings (SSSR count). The van der Waals surface area contributed by atoms with E-state index in [1.54, 1.807) is 105 Å². The molecule has 3 saturated carbocycles. The van der Waals surface area contributed by atoms with Crippen LogP contribution >= 0.6 is 0 Å². The van der Waals surface area contributed by atoms with Gasteiger partial charge in [0.2, 0.25) is 11.8 Å². The summed E-state index contributed by atoms with van der Waals surface area (Å²) in [6, 6.07) is 8.63. The Hall–Kier alpha value is -5.89. The molecule has 3 aliphatic carbocycles. The Morgan fingerprint density at radius 1 is 0.887 bits per heavy atom. The van der Waals surface area contributed by atoms with Crippen molar-refractivity contribution in [3.8, 4) is 11.5 Å². The lowest BCUT2D eigenvalue weighted by molar-refractivity contribution is -0.199. The van der Waals surface area contributed by atoms with Gasteiger partial charge in [0.25, 0.3) is 0 Å². The van der Waals surface area contributed by atoms with Crippen molar-refractivity contribution in [1.29, 1.82) is 0 Å². The fraction of sp³-hybridized carbons (Fsp3) is 0.627. The summed E-state index contributed by atoms with van der Waals surface area (Å²) in [6.07, 6.45) is 0.0392. The molecule has 3 heterocycles. The largest absolute Gasteiger partial charge is 0.495 e. The molecule has 1 unspecified atom stereocenters. The Kier molecular flexibility index (Phi) is 14.9. The fourth-order valence-corrected chi connectivity index (χ4v) is 10.8. The van der Waals surface area contributed by atoms with Gasteiger partial charge in [0.15, 0.2) is 0 Å². The minimum Gasteiger partial charge on any atom is -0.495 e. The van der Waals surface area contributed by atoms with E-state index in [0.29, 0.717) is 23.6 Å². The quantitative estimate of drug-likeness (QED) is 0.155. The maximum atomic E-state index is 14.9. The third kappa shape index (κ3) is 10.8. The number of likely N-dealkylation sites (N-methyl/N-ethyl adjacent to an activating group) is 2. The number of likely N-dealkylation sites (tertiary alicyclic amines) is 1. The van der Waals surface area contributed by atoms with E-state index in [2.05, 4.69) is 31.4 Å². The van der Waals surface area contributed by atoms with Crippen molar-refractivity contribution in [1.82, 2.24) is 30.2 Å². The number of carbonyl (C=O) groups is 7. The fourth-order valence-electron chi connectivity index (χ4n) is 10.8. The molecule has 2 bridgehead atoms. The molecule has 20 heteroatoms. The lowest BCUT2D eigenvalue weighted by Crippen LogP contribution is -2.65. The van der Waals surface area contributed by atoms with Gasteiger partial charge in [-0.25, -0.2) is 14.4 Å². The highest BCUT2D eigenvalue weighted by Gasteiger charge is 2.68. The number of piperazine rings is 1. The molecule has 3 aliphatic heterocycles. The van der Waals surface area contributed by atoms with Crippen molar-refractivity contribution >= 4 is 48.8 Å². The van der Waals surface area contributed by atoms with E-state index < -0.39 is 83.9 Å². The van der Waals surface area contributed by atoms with E-state index >= 15 is 0 Å². The van der Waals surface area contributed by atoms with E-state index in [1.807, 2.05) is 0 Å². The molecule has 2 N–H and O–H groups in total. The molecule has 0 spiro atoms. The zero-order valence-corrected chi connectivity index (χ0v) is 43.4. The molecule has 7 amide bonds. The molecule has 6 aliphatic rings. The number of esters is 1. The topological polar surface area (TPSA) is 212 Å². The predicted molar refractivity (Wildman–Crippen MR) is 260 cm³/mol. The van der Waals surface area contributed by atoms with Crippen molar-refractivity contribution < 1.29 is 61.8 Å². The Morgan fingerprint density at radius 2 is 1.56 bits per heavy atom. The number of carbonyl (C=O) groups excluding carboxylic acids is 7. The summed E-state index contributed by atoms with van der Waals surface area (Å²) in [5.41, 5.74) is -1.73. The van der Waals surface area contributed by atoms with Gasteiger partial charge in [-0.3, -0.25) is 29.0 Å². The SMILES string of the molecule is CCN1CCN(C(=O)NC(C(=O)N[C@@H](Cc2ccc(O[C@H]3C[C@@H](C(=O)N(C)C)N(C(=O)OC(C)(C)C)C3)c(C(=O)OC(C)(C)C)c2OC)B2O[C@@H]3C[C@@H]4C[C@@H](C4(C)C)[C@]3(C)O2)c2ccccc2)C(=O)C1=O. The molecule has 8 atom stereocenters. The van der Waals surface area contributed by atoms with Crippen LogP contribution in [0.25, 0.3) is 0 Å². The molecule has 2 aromatic rings. The Bertz CT molecular complexity index is 2400. The minimum atomic E-state index is -1.35. The van der Waals surface area contributed by atoms with Crippen LogP contribution in [0.15, 0.2) is 42.5 Å². The number of methoxy groups -OCH3 is 1. The van der Waals surface area contributed by atoms with Crippen molar-refractivity contribution in [2.24, 2.45) is 17.3 Å². The van der Waals surface area contributed by atoms with Gasteiger partial charge >= 0.3 is 37.0 Å². The summed E-state index contributed by atoms with van der Waals surface area (Å²) in [6.45, 7) is 19.0. The predicted octanol–water partition coefficient (Wildman–Crippen LogP) is 4.93. The third-order valence-corrected chi connectivity index (χ3v) is 14.6. The van der Waals surface area contributed by atoms with E-state index in [9.17, 15) is 33.6 Å². The van der Waals surface area contributed by atoms with Gasteiger partial charge < -0.3 is 48.7 Å². The summed E-state index contributed by atoms with van der Waals surface area (Å²) in [4.78, 5) is 101. The number of ether oxygens (including phenoxy) is 4. The smallest absolute Gasteiger partial charge is 0.482 e. The molecule has 2 aromatic carbocycles. The molecule has 386 valence electrons. The van der Waals surface area contributed by atoms with Gasteiger partial charge in [0.1, 0.15) is 46.5 Å².